The number of hydrazone groups is 1. The summed E-state index contributed by atoms with van der Waals surface area (Å²) in [5.41, 5.74) is 3.00. The molecule has 11 heavy (non-hydrogen) atoms. The van der Waals surface area contributed by atoms with Gasteiger partial charge >= 0.3 is 6.41 Å². The van der Waals surface area contributed by atoms with Gasteiger partial charge in [0, 0.05) is 0 Å². The van der Waals surface area contributed by atoms with Crippen molar-refractivity contribution in [3.8, 4) is 0 Å². The number of carbonyl (C=O) groups excluding carboxylic acids is 1. The lowest BCUT2D eigenvalue weighted by Gasteiger charge is -1.88. The molecule has 0 atom stereocenters. The Balaban J connectivity index is 2.57. The van der Waals surface area contributed by atoms with Gasteiger partial charge in [0.05, 0.1) is 6.21 Å². The van der Waals surface area contributed by atoms with Gasteiger partial charge in [0.25, 0.3) is 0 Å². The predicted molar refractivity (Wildman–Crippen MR) is 42.9 cm³/mol. The van der Waals surface area contributed by atoms with Crippen molar-refractivity contribution in [2.24, 2.45) is 5.10 Å². The number of benzene rings is 1. The average Bonchev–Trinajstić information content (AvgIpc) is 2.07. The molecule has 0 fully saturated rings. The fourth-order valence-corrected chi connectivity index (χ4v) is 0.672. The van der Waals surface area contributed by atoms with Crippen molar-refractivity contribution in [3.63, 3.8) is 0 Å². The Morgan fingerprint density at radius 2 is 2.09 bits per heavy atom. The smallest absolute Gasteiger partial charge is 0.262 e. The molecule has 1 aromatic carbocycles. The first-order valence-electron chi connectivity index (χ1n) is 3.14. The number of nitrogens with zero attached hydrogens (tertiary/aromatic N) is 1. The van der Waals surface area contributed by atoms with Crippen molar-refractivity contribution in [3.05, 3.63) is 35.9 Å². The van der Waals surface area contributed by atoms with Crippen molar-refractivity contribution in [2.45, 2.75) is 0 Å². The standard InChI is InChI=1S/C8H7N2O/c11-7-10-9-6-8-4-2-1-3-5-8/h1-6H,(H,10,11)/b9-6+. The molecule has 0 heterocycles. The maximum Gasteiger partial charge on any atom is 0.331 e. The lowest BCUT2D eigenvalue weighted by atomic mass is 10.2. The number of rotatable bonds is 3. The van der Waals surface area contributed by atoms with E-state index >= 15 is 0 Å². The minimum absolute atomic E-state index is 0.940. The van der Waals surface area contributed by atoms with Crippen LogP contribution in [-0.2, 0) is 4.79 Å². The van der Waals surface area contributed by atoms with Gasteiger partial charge < -0.3 is 0 Å². The van der Waals surface area contributed by atoms with E-state index in [1.807, 2.05) is 30.3 Å². The van der Waals surface area contributed by atoms with Crippen LogP contribution in [0.2, 0.25) is 0 Å². The van der Waals surface area contributed by atoms with Gasteiger partial charge in [-0.1, -0.05) is 30.3 Å². The zero-order chi connectivity index (χ0) is 7.94. The van der Waals surface area contributed by atoms with Crippen LogP contribution in [0.5, 0.6) is 0 Å². The van der Waals surface area contributed by atoms with Gasteiger partial charge in [-0.2, -0.15) is 5.10 Å². The molecule has 3 heteroatoms. The molecule has 0 unspecified atom stereocenters. The van der Waals surface area contributed by atoms with Gasteiger partial charge in [0.1, 0.15) is 0 Å². The van der Waals surface area contributed by atoms with Crippen LogP contribution in [0.15, 0.2) is 35.4 Å². The Morgan fingerprint density at radius 1 is 1.36 bits per heavy atom. The number of amides is 1. The fourth-order valence-electron chi connectivity index (χ4n) is 0.672. The first kappa shape index (κ1) is 7.47. The molecule has 0 aliphatic rings. The van der Waals surface area contributed by atoms with Crippen LogP contribution in [0.25, 0.3) is 0 Å². The summed E-state index contributed by atoms with van der Waals surface area (Å²) in [5.74, 6) is 0. The zero-order valence-electron chi connectivity index (χ0n) is 5.82. The monoisotopic (exact) mass is 147 g/mol. The molecule has 0 spiro atoms. The minimum atomic E-state index is 0.940. The Bertz CT molecular complexity index is 244. The summed E-state index contributed by atoms with van der Waals surface area (Å²) in [7, 11) is 0. The summed E-state index contributed by atoms with van der Waals surface area (Å²) >= 11 is 0. The highest BCUT2D eigenvalue weighted by Crippen LogP contribution is 1.92. The molecular weight excluding hydrogens is 140 g/mol. The molecule has 1 N–H and O–H groups in total. The van der Waals surface area contributed by atoms with Gasteiger partial charge in [0.15, 0.2) is 0 Å². The number of nitrogens with one attached hydrogen (secondary N) is 1. The van der Waals surface area contributed by atoms with Gasteiger partial charge in [-0.3, -0.25) is 4.79 Å². The Morgan fingerprint density at radius 3 is 2.73 bits per heavy atom. The SMILES string of the molecule is O=[C]N/N=C/c1ccccc1. The second kappa shape index (κ2) is 4.22. The van der Waals surface area contributed by atoms with E-state index in [0.717, 1.165) is 5.56 Å². The van der Waals surface area contributed by atoms with Crippen LogP contribution < -0.4 is 5.43 Å². The maximum absolute atomic E-state index is 9.65. The van der Waals surface area contributed by atoms with E-state index in [-0.39, 0.29) is 0 Å². The third-order valence-electron chi connectivity index (χ3n) is 1.12. The van der Waals surface area contributed by atoms with Crippen molar-refractivity contribution in [1.29, 1.82) is 0 Å². The largest absolute Gasteiger partial charge is 0.331 e. The molecule has 55 valence electrons. The molecule has 1 radical (unpaired) electrons. The second-order valence-corrected chi connectivity index (χ2v) is 1.88. The molecule has 1 amide bonds. The molecular formula is C8H7N2O. The summed E-state index contributed by atoms with van der Waals surface area (Å²) in [5, 5.41) is 3.56. The molecule has 3 nitrogen and oxygen atoms in total. The van der Waals surface area contributed by atoms with Crippen LogP contribution in [0.1, 0.15) is 5.56 Å². The van der Waals surface area contributed by atoms with E-state index in [1.165, 1.54) is 6.41 Å². The molecule has 0 saturated heterocycles. The van der Waals surface area contributed by atoms with E-state index in [2.05, 4.69) is 10.5 Å². The van der Waals surface area contributed by atoms with Gasteiger partial charge in [-0.05, 0) is 5.56 Å². The van der Waals surface area contributed by atoms with E-state index in [4.69, 9.17) is 0 Å². The summed E-state index contributed by atoms with van der Waals surface area (Å²) in [6, 6.07) is 9.47. The van der Waals surface area contributed by atoms with E-state index in [0.29, 0.717) is 0 Å². The summed E-state index contributed by atoms with van der Waals surface area (Å²) in [6.07, 6.45) is 2.99. The molecule has 0 aliphatic carbocycles. The van der Waals surface area contributed by atoms with Crippen molar-refractivity contribution in [2.75, 3.05) is 0 Å². The summed E-state index contributed by atoms with van der Waals surface area (Å²) in [6.45, 7) is 0. The number of hydrogen-bond acceptors (Lipinski definition) is 2. The van der Waals surface area contributed by atoms with E-state index < -0.39 is 0 Å². The molecule has 1 rings (SSSR count). The highest BCUT2D eigenvalue weighted by Gasteiger charge is 1.81. The van der Waals surface area contributed by atoms with E-state index in [1.54, 1.807) is 6.21 Å². The first-order chi connectivity index (χ1) is 5.43. The Kier molecular flexibility index (Phi) is 2.86. The normalized spacial score (nSPS) is 9.82. The van der Waals surface area contributed by atoms with Gasteiger partial charge in [-0.25, -0.2) is 5.43 Å². The van der Waals surface area contributed by atoms with Gasteiger partial charge in [0.2, 0.25) is 0 Å². The van der Waals surface area contributed by atoms with Crippen LogP contribution >= 0.6 is 0 Å². The summed E-state index contributed by atoms with van der Waals surface area (Å²) in [4.78, 5) is 9.65. The van der Waals surface area contributed by atoms with Crippen LogP contribution in [0.4, 0.5) is 0 Å². The Labute approximate surface area is 64.7 Å². The fraction of sp³-hybridized carbons (Fsp3) is 0. The van der Waals surface area contributed by atoms with Gasteiger partial charge in [-0.15, -0.1) is 0 Å². The average molecular weight is 147 g/mol. The highest BCUT2D eigenvalue weighted by molar-refractivity contribution is 5.79. The third-order valence-corrected chi connectivity index (χ3v) is 1.12. The maximum atomic E-state index is 9.65. The van der Waals surface area contributed by atoms with Crippen molar-refractivity contribution >= 4 is 12.6 Å². The molecule has 0 bridgehead atoms. The van der Waals surface area contributed by atoms with Crippen LogP contribution in [-0.4, -0.2) is 12.6 Å². The Hall–Kier alpha value is -1.64. The topological polar surface area (TPSA) is 41.5 Å². The minimum Gasteiger partial charge on any atom is -0.262 e. The third kappa shape index (κ3) is 2.62. The second-order valence-electron chi connectivity index (χ2n) is 1.88. The molecule has 0 aromatic heterocycles. The van der Waals surface area contributed by atoms with Crippen LogP contribution in [0.3, 0.4) is 0 Å². The highest BCUT2D eigenvalue weighted by atomic mass is 16.1. The molecule has 0 aliphatic heterocycles. The first-order valence-corrected chi connectivity index (χ1v) is 3.14. The van der Waals surface area contributed by atoms with E-state index in [9.17, 15) is 4.79 Å². The predicted octanol–water partition coefficient (Wildman–Crippen LogP) is 0.677. The lowest BCUT2D eigenvalue weighted by Crippen LogP contribution is -2.00. The lowest BCUT2D eigenvalue weighted by molar-refractivity contribution is 0.545. The molecule has 0 saturated carbocycles. The van der Waals surface area contributed by atoms with Crippen molar-refractivity contribution in [1.82, 2.24) is 5.43 Å². The summed E-state index contributed by atoms with van der Waals surface area (Å²) < 4.78 is 0. The quantitative estimate of drug-likeness (QED) is 0.381. The zero-order valence-corrected chi connectivity index (χ0v) is 5.82. The molecule has 1 aromatic rings. The number of hydrogen-bond donors (Lipinski definition) is 1. The van der Waals surface area contributed by atoms with Crippen LogP contribution in [0, 0.1) is 0 Å². The van der Waals surface area contributed by atoms with Crippen molar-refractivity contribution < 1.29 is 4.79 Å².